The first-order chi connectivity index (χ1) is 15.3. The van der Waals surface area contributed by atoms with E-state index in [4.69, 9.17) is 21.6 Å². The third-order valence-corrected chi connectivity index (χ3v) is 7.69. The van der Waals surface area contributed by atoms with E-state index in [-0.39, 0.29) is 24.0 Å². The lowest BCUT2D eigenvalue weighted by Crippen LogP contribution is -2.48. The largest absolute Gasteiger partial charge is 0.377 e. The maximum Gasteiger partial charge on any atom is 0.252 e. The number of nitrogens with zero attached hydrogens (tertiary/aromatic N) is 3. The topological polar surface area (TPSA) is 108 Å². The van der Waals surface area contributed by atoms with E-state index in [9.17, 15) is 18.0 Å². The summed E-state index contributed by atoms with van der Waals surface area (Å²) in [5, 5.41) is 9.36. The van der Waals surface area contributed by atoms with Crippen molar-refractivity contribution in [3.8, 4) is 6.07 Å². The first kappa shape index (κ1) is 22.4. The Morgan fingerprint density at radius 2 is 1.81 bits per heavy atom. The van der Waals surface area contributed by atoms with Gasteiger partial charge in [0.25, 0.3) is 5.91 Å². The van der Waals surface area contributed by atoms with Crippen LogP contribution >= 0.6 is 11.6 Å². The molecular formula is C22H20ClN3O5S. The molecule has 2 saturated heterocycles. The molecule has 2 fully saturated rings. The number of carbonyl (C=O) groups is 2. The third kappa shape index (κ3) is 4.27. The summed E-state index contributed by atoms with van der Waals surface area (Å²) >= 11 is 5.90. The molecule has 10 heteroatoms. The number of anilines is 1. The number of hydrogen-bond acceptors (Lipinski definition) is 6. The van der Waals surface area contributed by atoms with Crippen molar-refractivity contribution in [2.45, 2.75) is 36.3 Å². The SMILES string of the molecule is N#Cc1ccc(N2C(=O)CC(N(CC3CCCO3)S(=O)(=O)c3ccc(Cl)cc3)C2=O)cc1. The van der Waals surface area contributed by atoms with Crippen molar-refractivity contribution in [3.05, 3.63) is 59.1 Å². The average Bonchev–Trinajstić information content (AvgIpc) is 3.40. The van der Waals surface area contributed by atoms with Crippen LogP contribution in [0.4, 0.5) is 5.69 Å². The molecule has 0 spiro atoms. The summed E-state index contributed by atoms with van der Waals surface area (Å²) in [5.41, 5.74) is 0.678. The minimum absolute atomic E-state index is 0.0167. The predicted octanol–water partition coefficient (Wildman–Crippen LogP) is 2.71. The van der Waals surface area contributed by atoms with Gasteiger partial charge < -0.3 is 4.74 Å². The molecule has 0 N–H and O–H groups in total. The van der Waals surface area contributed by atoms with Crippen LogP contribution in [0.2, 0.25) is 5.02 Å². The van der Waals surface area contributed by atoms with Gasteiger partial charge in [0.05, 0.1) is 34.7 Å². The fourth-order valence-electron chi connectivity index (χ4n) is 3.92. The van der Waals surface area contributed by atoms with Crippen molar-refractivity contribution < 1.29 is 22.7 Å². The maximum atomic E-state index is 13.5. The van der Waals surface area contributed by atoms with Gasteiger partial charge in [0.15, 0.2) is 0 Å². The molecule has 0 aromatic heterocycles. The number of ether oxygens (including phenoxy) is 1. The van der Waals surface area contributed by atoms with Crippen LogP contribution < -0.4 is 4.90 Å². The van der Waals surface area contributed by atoms with Gasteiger partial charge in [-0.1, -0.05) is 11.6 Å². The van der Waals surface area contributed by atoms with Crippen LogP contribution in [0.15, 0.2) is 53.4 Å². The van der Waals surface area contributed by atoms with Gasteiger partial charge in [-0.3, -0.25) is 9.59 Å². The smallest absolute Gasteiger partial charge is 0.252 e. The normalized spacial score (nSPS) is 21.3. The zero-order valence-corrected chi connectivity index (χ0v) is 18.6. The molecule has 2 aromatic carbocycles. The first-order valence-corrected chi connectivity index (χ1v) is 11.9. The highest BCUT2D eigenvalue weighted by atomic mass is 35.5. The Kier molecular flexibility index (Phi) is 6.31. The third-order valence-electron chi connectivity index (χ3n) is 5.55. The van der Waals surface area contributed by atoms with Crippen molar-refractivity contribution in [2.24, 2.45) is 0 Å². The number of carbonyl (C=O) groups excluding carboxylic acids is 2. The minimum atomic E-state index is -4.11. The van der Waals surface area contributed by atoms with Gasteiger partial charge >= 0.3 is 0 Å². The molecule has 2 atom stereocenters. The predicted molar refractivity (Wildman–Crippen MR) is 116 cm³/mol. The number of rotatable bonds is 6. The molecular weight excluding hydrogens is 454 g/mol. The molecule has 2 unspecified atom stereocenters. The first-order valence-electron chi connectivity index (χ1n) is 10.1. The molecule has 2 aromatic rings. The van der Waals surface area contributed by atoms with Crippen molar-refractivity contribution in [1.29, 1.82) is 5.26 Å². The zero-order chi connectivity index (χ0) is 22.9. The number of nitriles is 1. The van der Waals surface area contributed by atoms with E-state index in [0.717, 1.165) is 15.6 Å². The quantitative estimate of drug-likeness (QED) is 0.597. The van der Waals surface area contributed by atoms with E-state index >= 15 is 0 Å². The van der Waals surface area contributed by atoms with Crippen molar-refractivity contribution >= 4 is 39.1 Å². The van der Waals surface area contributed by atoms with Crippen LogP contribution in [0.5, 0.6) is 0 Å². The number of sulfonamides is 1. The van der Waals surface area contributed by atoms with Gasteiger partial charge in [-0.25, -0.2) is 13.3 Å². The molecule has 32 heavy (non-hydrogen) atoms. The summed E-state index contributed by atoms with van der Waals surface area (Å²) in [6.07, 6.45) is 0.831. The Bertz CT molecular complexity index is 1170. The van der Waals surface area contributed by atoms with Gasteiger partial charge in [0.2, 0.25) is 15.9 Å². The fraction of sp³-hybridized carbons (Fsp3) is 0.318. The lowest BCUT2D eigenvalue weighted by Gasteiger charge is -2.29. The molecule has 166 valence electrons. The molecule has 2 aliphatic heterocycles. The summed E-state index contributed by atoms with van der Waals surface area (Å²) < 4.78 is 33.7. The number of amides is 2. The molecule has 2 heterocycles. The molecule has 0 radical (unpaired) electrons. The van der Waals surface area contributed by atoms with Crippen LogP contribution in [0.25, 0.3) is 0 Å². The second kappa shape index (κ2) is 9.00. The Balaban J connectivity index is 1.69. The lowest BCUT2D eigenvalue weighted by atomic mass is 10.2. The number of benzene rings is 2. The van der Waals surface area contributed by atoms with E-state index < -0.39 is 27.9 Å². The van der Waals surface area contributed by atoms with Crippen LogP contribution in [-0.4, -0.2) is 49.8 Å². The monoisotopic (exact) mass is 473 g/mol. The van der Waals surface area contributed by atoms with E-state index in [2.05, 4.69) is 0 Å². The van der Waals surface area contributed by atoms with Crippen molar-refractivity contribution in [1.82, 2.24) is 4.31 Å². The highest BCUT2D eigenvalue weighted by Gasteiger charge is 2.47. The lowest BCUT2D eigenvalue weighted by molar-refractivity contribution is -0.122. The summed E-state index contributed by atoms with van der Waals surface area (Å²) in [4.78, 5) is 27.0. The standard InChI is InChI=1S/C22H20ClN3O5S/c23-16-5-9-19(10-6-16)32(29,30)25(14-18-2-1-11-31-18)20-12-21(27)26(22(20)28)17-7-3-15(13-24)4-8-17/h3-10,18,20H,1-2,11-12,14H2. The highest BCUT2D eigenvalue weighted by Crippen LogP contribution is 2.31. The van der Waals surface area contributed by atoms with Gasteiger partial charge in [-0.15, -0.1) is 0 Å². The highest BCUT2D eigenvalue weighted by molar-refractivity contribution is 7.89. The van der Waals surface area contributed by atoms with Crippen molar-refractivity contribution in [2.75, 3.05) is 18.1 Å². The Morgan fingerprint density at radius 3 is 2.41 bits per heavy atom. The maximum absolute atomic E-state index is 13.5. The van der Waals surface area contributed by atoms with Gasteiger partial charge in [0.1, 0.15) is 6.04 Å². The van der Waals surface area contributed by atoms with Crippen LogP contribution in [0, 0.1) is 11.3 Å². The molecule has 2 amide bonds. The van der Waals surface area contributed by atoms with Gasteiger partial charge in [0, 0.05) is 18.2 Å². The molecule has 4 rings (SSSR count). The minimum Gasteiger partial charge on any atom is -0.377 e. The van der Waals surface area contributed by atoms with Crippen LogP contribution in [0.3, 0.4) is 0 Å². The van der Waals surface area contributed by atoms with Gasteiger partial charge in [-0.05, 0) is 61.4 Å². The van der Waals surface area contributed by atoms with Crippen LogP contribution in [0.1, 0.15) is 24.8 Å². The number of halogens is 1. The summed E-state index contributed by atoms with van der Waals surface area (Å²) in [5.74, 6) is -1.14. The fourth-order valence-corrected chi connectivity index (χ4v) is 5.66. The molecule has 0 aliphatic carbocycles. The molecule has 0 saturated carbocycles. The summed E-state index contributed by atoms with van der Waals surface area (Å²) in [6, 6.07) is 12.4. The van der Waals surface area contributed by atoms with Gasteiger partial charge in [-0.2, -0.15) is 9.57 Å². The van der Waals surface area contributed by atoms with E-state index in [1.807, 2.05) is 6.07 Å². The van der Waals surface area contributed by atoms with E-state index in [1.54, 1.807) is 0 Å². The molecule has 2 aliphatic rings. The molecule has 0 bridgehead atoms. The zero-order valence-electron chi connectivity index (χ0n) is 17.0. The summed E-state index contributed by atoms with van der Waals surface area (Å²) in [7, 11) is -4.11. The second-order valence-electron chi connectivity index (χ2n) is 7.61. The Hall–Kier alpha value is -2.77. The van der Waals surface area contributed by atoms with E-state index in [1.165, 1.54) is 48.5 Å². The second-order valence-corrected chi connectivity index (χ2v) is 9.94. The molecule has 8 nitrogen and oxygen atoms in total. The average molecular weight is 474 g/mol. The van der Waals surface area contributed by atoms with Crippen LogP contribution in [-0.2, 0) is 24.3 Å². The number of imide groups is 1. The Labute approximate surface area is 191 Å². The van der Waals surface area contributed by atoms with E-state index in [0.29, 0.717) is 29.3 Å². The summed E-state index contributed by atoms with van der Waals surface area (Å²) in [6.45, 7) is 0.490. The van der Waals surface area contributed by atoms with Crippen molar-refractivity contribution in [3.63, 3.8) is 0 Å². The Morgan fingerprint density at radius 1 is 1.12 bits per heavy atom. The number of hydrogen-bond donors (Lipinski definition) is 0.